The van der Waals surface area contributed by atoms with E-state index in [1.807, 2.05) is 30.3 Å². The van der Waals surface area contributed by atoms with Crippen LogP contribution in [0, 0.1) is 0 Å². The molecule has 1 heterocycles. The minimum Gasteiger partial charge on any atom is -0.457 e. The van der Waals surface area contributed by atoms with E-state index >= 15 is 0 Å². The predicted octanol–water partition coefficient (Wildman–Crippen LogP) is 1.82. The average molecular weight is 206 g/mol. The molecule has 0 saturated carbocycles. The summed E-state index contributed by atoms with van der Waals surface area (Å²) in [7, 11) is 0. The lowest BCUT2D eigenvalue weighted by Gasteiger charge is -2.16. The van der Waals surface area contributed by atoms with Crippen molar-refractivity contribution < 1.29 is 14.6 Å². The summed E-state index contributed by atoms with van der Waals surface area (Å²) in [6, 6.07) is 10.0. The average Bonchev–Trinajstić information content (AvgIpc) is 2.81. The molecule has 0 amide bonds. The molecule has 1 atom stereocenters. The Morgan fingerprint density at radius 1 is 1.13 bits per heavy atom. The molecule has 15 heavy (non-hydrogen) atoms. The molecule has 1 aromatic carbocycles. The zero-order chi connectivity index (χ0) is 10.5. The van der Waals surface area contributed by atoms with Crippen molar-refractivity contribution in [3.05, 3.63) is 48.4 Å². The Hall–Kier alpha value is -1.48. The molecule has 3 nitrogen and oxygen atoms in total. The van der Waals surface area contributed by atoms with Gasteiger partial charge in [0.15, 0.2) is 0 Å². The smallest absolute Gasteiger partial charge is 0.265 e. The maximum absolute atomic E-state index is 9.72. The highest BCUT2D eigenvalue weighted by Crippen LogP contribution is 2.14. The SMILES string of the molecule is OC(CCc1ccccc1)C1OC=CO1. The molecular weight excluding hydrogens is 192 g/mol. The largest absolute Gasteiger partial charge is 0.457 e. The van der Waals surface area contributed by atoms with Gasteiger partial charge in [-0.1, -0.05) is 30.3 Å². The first-order valence-electron chi connectivity index (χ1n) is 5.04. The van der Waals surface area contributed by atoms with Crippen molar-refractivity contribution in [2.24, 2.45) is 0 Å². The highest BCUT2D eigenvalue weighted by Gasteiger charge is 2.22. The number of ether oxygens (including phenoxy) is 2. The summed E-state index contributed by atoms with van der Waals surface area (Å²) in [5.74, 6) is 0. The van der Waals surface area contributed by atoms with Crippen molar-refractivity contribution >= 4 is 0 Å². The van der Waals surface area contributed by atoms with Crippen LogP contribution in [0.25, 0.3) is 0 Å². The summed E-state index contributed by atoms with van der Waals surface area (Å²) in [6.45, 7) is 0. The first kappa shape index (κ1) is 10.1. The summed E-state index contributed by atoms with van der Waals surface area (Å²) < 4.78 is 10.1. The molecular formula is C12H14O3. The zero-order valence-electron chi connectivity index (χ0n) is 8.37. The van der Waals surface area contributed by atoms with Crippen molar-refractivity contribution in [3.8, 4) is 0 Å². The molecule has 1 aliphatic heterocycles. The van der Waals surface area contributed by atoms with Gasteiger partial charge < -0.3 is 14.6 Å². The Kier molecular flexibility index (Phi) is 3.25. The number of aliphatic hydroxyl groups is 1. The Bertz CT molecular complexity index is 313. The molecule has 0 fully saturated rings. The van der Waals surface area contributed by atoms with Gasteiger partial charge in [-0.15, -0.1) is 0 Å². The van der Waals surface area contributed by atoms with Crippen molar-refractivity contribution in [1.82, 2.24) is 0 Å². The lowest BCUT2D eigenvalue weighted by molar-refractivity contribution is -0.108. The van der Waals surface area contributed by atoms with Crippen LogP contribution in [0.5, 0.6) is 0 Å². The Morgan fingerprint density at radius 3 is 2.47 bits per heavy atom. The van der Waals surface area contributed by atoms with Gasteiger partial charge in [0.1, 0.15) is 18.6 Å². The fraction of sp³-hybridized carbons (Fsp3) is 0.333. The van der Waals surface area contributed by atoms with Gasteiger partial charge in [0.05, 0.1) is 0 Å². The van der Waals surface area contributed by atoms with Crippen molar-refractivity contribution in [1.29, 1.82) is 0 Å². The molecule has 1 aromatic rings. The number of aliphatic hydroxyl groups excluding tert-OH is 1. The van der Waals surface area contributed by atoms with E-state index in [-0.39, 0.29) is 0 Å². The van der Waals surface area contributed by atoms with Crippen LogP contribution < -0.4 is 0 Å². The van der Waals surface area contributed by atoms with Gasteiger partial charge in [-0.3, -0.25) is 0 Å². The number of hydrogen-bond acceptors (Lipinski definition) is 3. The predicted molar refractivity (Wildman–Crippen MR) is 55.9 cm³/mol. The van der Waals surface area contributed by atoms with Gasteiger partial charge in [-0.2, -0.15) is 0 Å². The van der Waals surface area contributed by atoms with E-state index in [9.17, 15) is 5.11 Å². The number of aryl methyl sites for hydroxylation is 1. The standard InChI is InChI=1S/C12H14O3/c13-11(12-14-8-9-15-12)7-6-10-4-2-1-3-5-10/h1-5,8-9,11-13H,6-7H2. The van der Waals surface area contributed by atoms with Crippen LogP contribution in [-0.2, 0) is 15.9 Å². The topological polar surface area (TPSA) is 38.7 Å². The zero-order valence-corrected chi connectivity index (χ0v) is 8.37. The second-order valence-electron chi connectivity index (χ2n) is 3.50. The number of benzene rings is 1. The van der Waals surface area contributed by atoms with Gasteiger partial charge in [-0.25, -0.2) is 0 Å². The van der Waals surface area contributed by atoms with Gasteiger partial charge in [0, 0.05) is 0 Å². The van der Waals surface area contributed by atoms with Crippen LogP contribution in [-0.4, -0.2) is 17.5 Å². The van der Waals surface area contributed by atoms with E-state index in [2.05, 4.69) is 0 Å². The molecule has 0 aromatic heterocycles. The quantitative estimate of drug-likeness (QED) is 0.816. The van der Waals surface area contributed by atoms with Crippen LogP contribution in [0.4, 0.5) is 0 Å². The Morgan fingerprint density at radius 2 is 1.80 bits per heavy atom. The summed E-state index contributed by atoms with van der Waals surface area (Å²) >= 11 is 0. The maximum atomic E-state index is 9.72. The third kappa shape index (κ3) is 2.73. The Labute approximate surface area is 88.9 Å². The van der Waals surface area contributed by atoms with E-state index in [1.165, 1.54) is 18.1 Å². The highest BCUT2D eigenvalue weighted by molar-refractivity contribution is 5.14. The molecule has 0 saturated heterocycles. The summed E-state index contributed by atoms with van der Waals surface area (Å²) in [6.07, 6.45) is 3.25. The molecule has 80 valence electrons. The van der Waals surface area contributed by atoms with Crippen molar-refractivity contribution in [2.75, 3.05) is 0 Å². The van der Waals surface area contributed by atoms with E-state index in [0.29, 0.717) is 6.42 Å². The van der Waals surface area contributed by atoms with Crippen molar-refractivity contribution in [2.45, 2.75) is 25.2 Å². The molecule has 0 bridgehead atoms. The van der Waals surface area contributed by atoms with Gasteiger partial charge in [0.25, 0.3) is 6.29 Å². The molecule has 2 rings (SSSR count). The van der Waals surface area contributed by atoms with Gasteiger partial charge in [0.2, 0.25) is 0 Å². The first-order valence-corrected chi connectivity index (χ1v) is 5.04. The molecule has 1 N–H and O–H groups in total. The fourth-order valence-electron chi connectivity index (χ4n) is 1.53. The van der Waals surface area contributed by atoms with Crippen LogP contribution in [0.15, 0.2) is 42.9 Å². The summed E-state index contributed by atoms with van der Waals surface area (Å²) in [5, 5.41) is 9.72. The monoisotopic (exact) mass is 206 g/mol. The highest BCUT2D eigenvalue weighted by atomic mass is 16.7. The van der Waals surface area contributed by atoms with Gasteiger partial charge in [-0.05, 0) is 18.4 Å². The maximum Gasteiger partial charge on any atom is 0.265 e. The van der Waals surface area contributed by atoms with E-state index in [1.54, 1.807) is 0 Å². The molecule has 1 aliphatic rings. The third-order valence-corrected chi connectivity index (χ3v) is 2.37. The van der Waals surface area contributed by atoms with E-state index in [0.717, 1.165) is 6.42 Å². The molecule has 0 aliphatic carbocycles. The van der Waals surface area contributed by atoms with Crippen LogP contribution in [0.2, 0.25) is 0 Å². The van der Waals surface area contributed by atoms with Gasteiger partial charge >= 0.3 is 0 Å². The fourth-order valence-corrected chi connectivity index (χ4v) is 1.53. The Balaban J connectivity index is 1.78. The molecule has 0 radical (unpaired) electrons. The lowest BCUT2D eigenvalue weighted by Crippen LogP contribution is -2.27. The van der Waals surface area contributed by atoms with Crippen LogP contribution in [0.3, 0.4) is 0 Å². The molecule has 1 unspecified atom stereocenters. The van der Waals surface area contributed by atoms with E-state index < -0.39 is 12.4 Å². The number of rotatable bonds is 4. The first-order chi connectivity index (χ1) is 7.36. The second kappa shape index (κ2) is 4.84. The van der Waals surface area contributed by atoms with Crippen molar-refractivity contribution in [3.63, 3.8) is 0 Å². The van der Waals surface area contributed by atoms with E-state index in [4.69, 9.17) is 9.47 Å². The summed E-state index contributed by atoms with van der Waals surface area (Å²) in [5.41, 5.74) is 1.21. The number of hydrogen-bond donors (Lipinski definition) is 1. The normalized spacial score (nSPS) is 17.1. The minimum atomic E-state index is -0.583. The molecule has 3 heteroatoms. The minimum absolute atomic E-state index is 0.534. The van der Waals surface area contributed by atoms with Crippen LogP contribution in [0.1, 0.15) is 12.0 Å². The summed E-state index contributed by atoms with van der Waals surface area (Å²) in [4.78, 5) is 0. The lowest BCUT2D eigenvalue weighted by atomic mass is 10.1. The third-order valence-electron chi connectivity index (χ3n) is 2.37. The second-order valence-corrected chi connectivity index (χ2v) is 3.50. The molecule has 0 spiro atoms. The van der Waals surface area contributed by atoms with Crippen LogP contribution >= 0.6 is 0 Å².